The van der Waals surface area contributed by atoms with Gasteiger partial charge in [-0.1, -0.05) is 39.5 Å². The first-order valence-electron chi connectivity index (χ1n) is 7.34. The second-order valence-corrected chi connectivity index (χ2v) is 5.42. The van der Waals surface area contributed by atoms with Crippen LogP contribution in [0.2, 0.25) is 0 Å². The maximum Gasteiger partial charge on any atom is 0.255 e. The average molecular weight is 278 g/mol. The molecule has 1 aromatic rings. The Bertz CT molecular complexity index is 407. The molecular weight excluding hydrogens is 252 g/mol. The molecule has 1 rings (SSSR count). The first-order valence-corrected chi connectivity index (χ1v) is 7.34. The summed E-state index contributed by atoms with van der Waals surface area (Å²) in [5.41, 5.74) is 3.58. The van der Waals surface area contributed by atoms with Crippen molar-refractivity contribution in [2.75, 3.05) is 12.0 Å². The molecule has 0 fully saturated rings. The number of nitrogens with two attached hydrogens (primary N) is 1. The largest absolute Gasteiger partial charge is 0.352 e. The second kappa shape index (κ2) is 9.31. The second-order valence-electron chi connectivity index (χ2n) is 5.42. The minimum Gasteiger partial charge on any atom is -0.352 e. The van der Waals surface area contributed by atoms with E-state index in [1.165, 1.54) is 25.5 Å². The number of hydrogen-bond acceptors (Lipinski definition) is 4. The molecule has 5 nitrogen and oxygen atoms in total. The lowest BCUT2D eigenvalue weighted by molar-refractivity contribution is 0.0953. The average Bonchev–Trinajstić information content (AvgIpc) is 2.45. The van der Waals surface area contributed by atoms with Crippen molar-refractivity contribution >= 4 is 11.6 Å². The number of hydrazine groups is 1. The number of pyridine rings is 1. The lowest BCUT2D eigenvalue weighted by Gasteiger charge is -2.09. The van der Waals surface area contributed by atoms with Crippen LogP contribution in [0.1, 0.15) is 56.3 Å². The van der Waals surface area contributed by atoms with E-state index >= 15 is 0 Å². The summed E-state index contributed by atoms with van der Waals surface area (Å²) in [6.45, 7) is 5.19. The van der Waals surface area contributed by atoms with Crippen LogP contribution in [-0.2, 0) is 0 Å². The molecule has 0 saturated heterocycles. The number of carbonyl (C=O) groups is 1. The first-order chi connectivity index (χ1) is 9.65. The van der Waals surface area contributed by atoms with Gasteiger partial charge in [0.1, 0.15) is 0 Å². The van der Waals surface area contributed by atoms with Gasteiger partial charge >= 0.3 is 0 Å². The minimum atomic E-state index is -0.131. The molecule has 1 amide bonds. The highest BCUT2D eigenvalue weighted by Gasteiger charge is 2.09. The van der Waals surface area contributed by atoms with E-state index in [1.54, 1.807) is 12.3 Å². The summed E-state index contributed by atoms with van der Waals surface area (Å²) in [4.78, 5) is 15.9. The number of carbonyl (C=O) groups excluding carboxylic acids is 1. The highest BCUT2D eigenvalue weighted by molar-refractivity contribution is 5.99. The molecule has 0 aliphatic carbocycles. The summed E-state index contributed by atoms with van der Waals surface area (Å²) >= 11 is 0. The Morgan fingerprint density at radius 2 is 2.05 bits per heavy atom. The van der Waals surface area contributed by atoms with Crippen molar-refractivity contribution in [2.24, 2.45) is 11.8 Å². The molecular formula is C15H26N4O. The summed E-state index contributed by atoms with van der Waals surface area (Å²) in [5, 5.41) is 2.90. The molecule has 20 heavy (non-hydrogen) atoms. The summed E-state index contributed by atoms with van der Waals surface area (Å²) in [7, 11) is 0. The van der Waals surface area contributed by atoms with Gasteiger partial charge in [0, 0.05) is 18.9 Å². The van der Waals surface area contributed by atoms with Crippen molar-refractivity contribution in [1.29, 1.82) is 0 Å². The van der Waals surface area contributed by atoms with E-state index in [0.717, 1.165) is 18.8 Å². The number of unbranched alkanes of at least 4 members (excludes halogenated alkanes) is 3. The molecule has 0 saturated carbocycles. The molecule has 1 heterocycles. The topological polar surface area (TPSA) is 80.0 Å². The van der Waals surface area contributed by atoms with E-state index in [1.807, 2.05) is 0 Å². The van der Waals surface area contributed by atoms with Crippen molar-refractivity contribution in [3.8, 4) is 0 Å². The van der Waals surface area contributed by atoms with Crippen LogP contribution < -0.4 is 16.6 Å². The van der Waals surface area contributed by atoms with Gasteiger partial charge in [-0.2, -0.15) is 0 Å². The SMILES string of the molecule is CC(C)CCCCCCNC(=O)c1cnccc1NN. The number of aromatic nitrogens is 1. The van der Waals surface area contributed by atoms with E-state index in [4.69, 9.17) is 5.84 Å². The van der Waals surface area contributed by atoms with Crippen LogP contribution in [0.15, 0.2) is 18.5 Å². The van der Waals surface area contributed by atoms with Gasteiger partial charge in [-0.3, -0.25) is 15.6 Å². The predicted octanol–water partition coefficient (Wildman–Crippen LogP) is 2.70. The van der Waals surface area contributed by atoms with Gasteiger partial charge in [0.05, 0.1) is 11.3 Å². The van der Waals surface area contributed by atoms with Crippen LogP contribution in [0, 0.1) is 5.92 Å². The highest BCUT2D eigenvalue weighted by Crippen LogP contribution is 2.12. The molecule has 112 valence electrons. The number of rotatable bonds is 9. The Morgan fingerprint density at radius 1 is 1.30 bits per heavy atom. The molecule has 5 heteroatoms. The third-order valence-electron chi connectivity index (χ3n) is 3.22. The maximum atomic E-state index is 12.0. The summed E-state index contributed by atoms with van der Waals surface area (Å²) in [5.74, 6) is 6.01. The lowest BCUT2D eigenvalue weighted by Crippen LogP contribution is -2.26. The zero-order valence-electron chi connectivity index (χ0n) is 12.5. The third-order valence-corrected chi connectivity index (χ3v) is 3.22. The van der Waals surface area contributed by atoms with Crippen LogP contribution in [0.3, 0.4) is 0 Å². The zero-order chi connectivity index (χ0) is 14.8. The molecule has 4 N–H and O–H groups in total. The fourth-order valence-corrected chi connectivity index (χ4v) is 2.03. The molecule has 0 atom stereocenters. The molecule has 0 unspecified atom stereocenters. The van der Waals surface area contributed by atoms with Gasteiger partial charge in [-0.25, -0.2) is 0 Å². The lowest BCUT2D eigenvalue weighted by atomic mass is 10.0. The van der Waals surface area contributed by atoms with Gasteiger partial charge in [-0.15, -0.1) is 0 Å². The summed E-state index contributed by atoms with van der Waals surface area (Å²) in [6.07, 6.45) is 9.07. The predicted molar refractivity (Wildman–Crippen MR) is 82.3 cm³/mol. The maximum absolute atomic E-state index is 12.0. The van der Waals surface area contributed by atoms with Crippen LogP contribution in [-0.4, -0.2) is 17.4 Å². The third kappa shape index (κ3) is 6.02. The first kappa shape index (κ1) is 16.4. The normalized spacial score (nSPS) is 10.6. The van der Waals surface area contributed by atoms with E-state index in [9.17, 15) is 4.79 Å². The summed E-state index contributed by atoms with van der Waals surface area (Å²) in [6, 6.07) is 1.68. The number of nitrogen functional groups attached to an aromatic ring is 1. The van der Waals surface area contributed by atoms with E-state index in [-0.39, 0.29) is 5.91 Å². The fraction of sp³-hybridized carbons (Fsp3) is 0.600. The Morgan fingerprint density at radius 3 is 2.75 bits per heavy atom. The van der Waals surface area contributed by atoms with Gasteiger partial charge in [0.25, 0.3) is 5.91 Å². The van der Waals surface area contributed by atoms with E-state index in [2.05, 4.69) is 29.6 Å². The molecule has 0 aliphatic rings. The van der Waals surface area contributed by atoms with Crippen LogP contribution in [0.4, 0.5) is 5.69 Å². The van der Waals surface area contributed by atoms with E-state index in [0.29, 0.717) is 17.8 Å². The van der Waals surface area contributed by atoms with Crippen LogP contribution >= 0.6 is 0 Å². The molecule has 0 bridgehead atoms. The van der Waals surface area contributed by atoms with Crippen molar-refractivity contribution in [3.05, 3.63) is 24.0 Å². The van der Waals surface area contributed by atoms with Crippen molar-refractivity contribution in [2.45, 2.75) is 46.0 Å². The van der Waals surface area contributed by atoms with Gasteiger partial charge in [0.2, 0.25) is 0 Å². The van der Waals surface area contributed by atoms with Crippen LogP contribution in [0.25, 0.3) is 0 Å². The highest BCUT2D eigenvalue weighted by atomic mass is 16.1. The smallest absolute Gasteiger partial charge is 0.255 e. The molecule has 0 radical (unpaired) electrons. The Hall–Kier alpha value is -1.62. The minimum absolute atomic E-state index is 0.131. The summed E-state index contributed by atoms with van der Waals surface area (Å²) < 4.78 is 0. The Balaban J connectivity index is 2.20. The number of nitrogens with one attached hydrogen (secondary N) is 2. The molecule has 1 aromatic heterocycles. The number of amides is 1. The Labute approximate surface area is 121 Å². The van der Waals surface area contributed by atoms with Gasteiger partial charge in [-0.05, 0) is 18.4 Å². The number of anilines is 1. The monoisotopic (exact) mass is 278 g/mol. The molecule has 0 aliphatic heterocycles. The Kier molecular flexibility index (Phi) is 7.65. The molecule has 0 spiro atoms. The quantitative estimate of drug-likeness (QED) is 0.368. The van der Waals surface area contributed by atoms with E-state index < -0.39 is 0 Å². The zero-order valence-corrected chi connectivity index (χ0v) is 12.5. The standard InChI is InChI=1S/C15H26N4O/c1-12(2)7-5-3-4-6-9-18-15(20)13-11-17-10-8-14(13)19-16/h8,10-12H,3-7,9,16H2,1-2H3,(H,17,19)(H,18,20). The fourth-order valence-electron chi connectivity index (χ4n) is 2.03. The molecule has 0 aromatic carbocycles. The van der Waals surface area contributed by atoms with Crippen LogP contribution in [0.5, 0.6) is 0 Å². The van der Waals surface area contributed by atoms with Gasteiger partial charge in [0.15, 0.2) is 0 Å². The number of nitrogens with zero attached hydrogens (tertiary/aromatic N) is 1. The van der Waals surface area contributed by atoms with Crippen molar-refractivity contribution in [1.82, 2.24) is 10.3 Å². The van der Waals surface area contributed by atoms with Crippen molar-refractivity contribution in [3.63, 3.8) is 0 Å². The number of hydrogen-bond donors (Lipinski definition) is 3. The van der Waals surface area contributed by atoms with Gasteiger partial charge < -0.3 is 10.7 Å². The van der Waals surface area contributed by atoms with Crippen molar-refractivity contribution < 1.29 is 4.79 Å².